The van der Waals surface area contributed by atoms with Gasteiger partial charge in [-0.15, -0.1) is 0 Å². The quantitative estimate of drug-likeness (QED) is 0.775. The molecule has 2 rings (SSSR count). The summed E-state index contributed by atoms with van der Waals surface area (Å²) in [5.41, 5.74) is -0.657. The number of ether oxygens (including phenoxy) is 2. The van der Waals surface area contributed by atoms with Crippen LogP contribution in [0.4, 0.5) is 0 Å². The summed E-state index contributed by atoms with van der Waals surface area (Å²) < 4.78 is 10.5. The van der Waals surface area contributed by atoms with E-state index in [1.165, 1.54) is 0 Å². The fourth-order valence-corrected chi connectivity index (χ4v) is 1.65. The third-order valence-corrected chi connectivity index (χ3v) is 3.82. The number of aromatic hydroxyl groups is 1. The molecule has 0 saturated carbocycles. The van der Waals surface area contributed by atoms with E-state index in [1.54, 1.807) is 26.0 Å². The van der Waals surface area contributed by atoms with Crippen LogP contribution in [0.3, 0.4) is 0 Å². The fraction of sp³-hybridized carbons (Fsp3) is 0.571. The van der Waals surface area contributed by atoms with E-state index in [4.69, 9.17) is 9.47 Å². The molecule has 0 atom stereocenters. The van der Waals surface area contributed by atoms with E-state index in [-0.39, 0.29) is 12.5 Å². The van der Waals surface area contributed by atoms with Gasteiger partial charge >= 0.3 is 0 Å². The third-order valence-electron chi connectivity index (χ3n) is 3.82. The molecule has 5 heteroatoms. The molecule has 106 valence electrons. The molecular weight excluding hydrogens is 246 g/mol. The Balaban J connectivity index is 2.13. The molecule has 0 unspecified atom stereocenters. The van der Waals surface area contributed by atoms with Crippen LogP contribution in [0.5, 0.6) is 17.2 Å². The molecule has 0 saturated heterocycles. The van der Waals surface area contributed by atoms with Crippen LogP contribution in [0.2, 0.25) is 0 Å². The topological polar surface area (TPSA) is 71.0 Å². The molecule has 19 heavy (non-hydrogen) atoms. The number of fused-ring (bicyclic) bond motifs is 1. The summed E-state index contributed by atoms with van der Waals surface area (Å²) in [6, 6.07) is 3.31. The molecule has 1 aromatic carbocycles. The van der Waals surface area contributed by atoms with Gasteiger partial charge in [-0.25, -0.2) is 0 Å². The summed E-state index contributed by atoms with van der Waals surface area (Å²) in [5, 5.41) is 23.3. The average Bonchev–Trinajstić information content (AvgIpc) is 2.71. The first kappa shape index (κ1) is 14.0. The van der Waals surface area contributed by atoms with E-state index in [1.807, 2.05) is 13.8 Å². The van der Waals surface area contributed by atoms with E-state index in [2.05, 4.69) is 5.32 Å². The van der Waals surface area contributed by atoms with Gasteiger partial charge in [0.2, 0.25) is 6.79 Å². The van der Waals surface area contributed by atoms with E-state index >= 15 is 0 Å². The Morgan fingerprint density at radius 3 is 2.32 bits per heavy atom. The molecule has 0 fully saturated rings. The lowest BCUT2D eigenvalue weighted by Crippen LogP contribution is -2.55. The molecule has 0 radical (unpaired) electrons. The summed E-state index contributed by atoms with van der Waals surface area (Å²) in [4.78, 5) is 0. The molecule has 0 spiro atoms. The Morgan fingerprint density at radius 1 is 1.16 bits per heavy atom. The SMILES string of the molecule is CC(C)(O)C(C)(C)NCc1cc2c(cc1O)OCO2. The van der Waals surface area contributed by atoms with Crippen LogP contribution in [-0.4, -0.2) is 28.1 Å². The second-order valence-corrected chi connectivity index (χ2v) is 5.87. The molecular formula is C14H21NO4. The second kappa shape index (κ2) is 4.58. The number of aliphatic hydroxyl groups is 1. The van der Waals surface area contributed by atoms with Crippen molar-refractivity contribution in [2.24, 2.45) is 0 Å². The molecule has 1 heterocycles. The molecule has 3 N–H and O–H groups in total. The van der Waals surface area contributed by atoms with E-state index in [9.17, 15) is 10.2 Å². The number of rotatable bonds is 4. The fourth-order valence-electron chi connectivity index (χ4n) is 1.65. The molecule has 1 aromatic rings. The van der Waals surface area contributed by atoms with Gasteiger partial charge in [0.25, 0.3) is 0 Å². The molecule has 0 aliphatic carbocycles. The summed E-state index contributed by atoms with van der Waals surface area (Å²) in [5.74, 6) is 1.35. The van der Waals surface area contributed by atoms with Crippen molar-refractivity contribution in [1.29, 1.82) is 0 Å². The molecule has 0 bridgehead atoms. The summed E-state index contributed by atoms with van der Waals surface area (Å²) in [6.07, 6.45) is 0. The van der Waals surface area contributed by atoms with Crippen LogP contribution in [0.15, 0.2) is 12.1 Å². The maximum atomic E-state index is 10.1. The van der Waals surface area contributed by atoms with Crippen molar-refractivity contribution in [1.82, 2.24) is 5.32 Å². The van der Waals surface area contributed by atoms with Gasteiger partial charge in [-0.1, -0.05) is 0 Å². The first-order chi connectivity index (χ1) is 8.71. The summed E-state index contributed by atoms with van der Waals surface area (Å²) >= 11 is 0. The van der Waals surface area contributed by atoms with Crippen molar-refractivity contribution >= 4 is 0 Å². The first-order valence-electron chi connectivity index (χ1n) is 6.29. The Kier molecular flexibility index (Phi) is 3.36. The molecule has 5 nitrogen and oxygen atoms in total. The Bertz CT molecular complexity index is 477. The van der Waals surface area contributed by atoms with Gasteiger partial charge < -0.3 is 25.0 Å². The van der Waals surface area contributed by atoms with Crippen molar-refractivity contribution in [3.63, 3.8) is 0 Å². The highest BCUT2D eigenvalue weighted by molar-refractivity contribution is 5.51. The van der Waals surface area contributed by atoms with Gasteiger partial charge in [-0.05, 0) is 33.8 Å². The van der Waals surface area contributed by atoms with Gasteiger partial charge in [-0.2, -0.15) is 0 Å². The Hall–Kier alpha value is -1.46. The lowest BCUT2D eigenvalue weighted by atomic mass is 9.86. The van der Waals surface area contributed by atoms with Crippen LogP contribution in [0, 0.1) is 0 Å². The standard InChI is InChI=1S/C14H21NO4/c1-13(2,14(3,4)17)15-7-9-5-11-12(6-10(9)16)19-8-18-11/h5-6,15-17H,7-8H2,1-4H3. The zero-order chi connectivity index (χ0) is 14.3. The highest BCUT2D eigenvalue weighted by Gasteiger charge is 2.34. The average molecular weight is 267 g/mol. The summed E-state index contributed by atoms with van der Waals surface area (Å²) in [7, 11) is 0. The lowest BCUT2D eigenvalue weighted by molar-refractivity contribution is -0.00540. The Morgan fingerprint density at radius 2 is 1.74 bits per heavy atom. The van der Waals surface area contributed by atoms with E-state index in [0.717, 1.165) is 0 Å². The number of hydrogen-bond acceptors (Lipinski definition) is 5. The van der Waals surface area contributed by atoms with Crippen LogP contribution >= 0.6 is 0 Å². The maximum Gasteiger partial charge on any atom is 0.231 e. The minimum Gasteiger partial charge on any atom is -0.507 e. The van der Waals surface area contributed by atoms with E-state index in [0.29, 0.717) is 23.6 Å². The maximum absolute atomic E-state index is 10.1. The number of phenols is 1. The van der Waals surface area contributed by atoms with Crippen LogP contribution in [-0.2, 0) is 6.54 Å². The third kappa shape index (κ3) is 2.77. The second-order valence-electron chi connectivity index (χ2n) is 5.87. The van der Waals surface area contributed by atoms with Crippen LogP contribution < -0.4 is 14.8 Å². The van der Waals surface area contributed by atoms with Gasteiger partial charge in [0.1, 0.15) is 5.75 Å². The molecule has 0 amide bonds. The summed E-state index contributed by atoms with van der Waals surface area (Å²) in [6.45, 7) is 7.94. The Labute approximate surface area is 113 Å². The minimum atomic E-state index is -0.876. The molecule has 1 aliphatic heterocycles. The van der Waals surface area contributed by atoms with Gasteiger partial charge in [-0.3, -0.25) is 0 Å². The monoisotopic (exact) mass is 267 g/mol. The largest absolute Gasteiger partial charge is 0.507 e. The molecule has 0 aromatic heterocycles. The van der Waals surface area contributed by atoms with Crippen LogP contribution in [0.1, 0.15) is 33.3 Å². The number of benzene rings is 1. The van der Waals surface area contributed by atoms with Gasteiger partial charge in [0, 0.05) is 23.7 Å². The smallest absolute Gasteiger partial charge is 0.231 e. The first-order valence-corrected chi connectivity index (χ1v) is 6.29. The van der Waals surface area contributed by atoms with Gasteiger partial charge in [0.15, 0.2) is 11.5 Å². The van der Waals surface area contributed by atoms with Gasteiger partial charge in [0.05, 0.1) is 5.60 Å². The minimum absolute atomic E-state index is 0.156. The number of nitrogens with one attached hydrogen (secondary N) is 1. The van der Waals surface area contributed by atoms with Crippen LogP contribution in [0.25, 0.3) is 0 Å². The normalized spacial score (nSPS) is 14.8. The van der Waals surface area contributed by atoms with Crippen molar-refractivity contribution in [3.05, 3.63) is 17.7 Å². The predicted octanol–water partition coefficient (Wildman–Crippen LogP) is 1.76. The van der Waals surface area contributed by atoms with Crippen molar-refractivity contribution < 1.29 is 19.7 Å². The van der Waals surface area contributed by atoms with Crippen molar-refractivity contribution in [2.75, 3.05) is 6.79 Å². The van der Waals surface area contributed by atoms with E-state index < -0.39 is 11.1 Å². The highest BCUT2D eigenvalue weighted by Crippen LogP contribution is 2.37. The van der Waals surface area contributed by atoms with Crippen molar-refractivity contribution in [2.45, 2.75) is 45.4 Å². The zero-order valence-electron chi connectivity index (χ0n) is 11.8. The highest BCUT2D eigenvalue weighted by atomic mass is 16.7. The number of hydrogen-bond donors (Lipinski definition) is 3. The number of phenolic OH excluding ortho intramolecular Hbond substituents is 1. The van der Waals surface area contributed by atoms with Crippen molar-refractivity contribution in [3.8, 4) is 17.2 Å². The molecule has 1 aliphatic rings. The zero-order valence-corrected chi connectivity index (χ0v) is 11.8. The predicted molar refractivity (Wildman–Crippen MR) is 71.4 cm³/mol. The lowest BCUT2D eigenvalue weighted by Gasteiger charge is -2.38.